The number of amides is 1. The Morgan fingerprint density at radius 1 is 1.17 bits per heavy atom. The molecule has 0 radical (unpaired) electrons. The fraction of sp³-hybridized carbons (Fsp3) is 0.125. The third-order valence-electron chi connectivity index (χ3n) is 2.93. The molecule has 23 heavy (non-hydrogen) atoms. The van der Waals surface area contributed by atoms with Crippen molar-refractivity contribution < 1.29 is 9.53 Å². The molecule has 0 fully saturated rings. The van der Waals surface area contributed by atoms with Gasteiger partial charge in [-0.1, -0.05) is 29.3 Å². The predicted molar refractivity (Wildman–Crippen MR) is 93.7 cm³/mol. The first-order valence-corrected chi connectivity index (χ1v) is 7.49. The number of benzene rings is 2. The van der Waals surface area contributed by atoms with E-state index in [2.05, 4.69) is 15.8 Å². The molecule has 0 aliphatic rings. The minimum absolute atomic E-state index is 0.0833. The number of hydrazone groups is 1. The van der Waals surface area contributed by atoms with Crippen LogP contribution in [0.15, 0.2) is 47.6 Å². The summed E-state index contributed by atoms with van der Waals surface area (Å²) in [6.45, 7) is 0.0833. The van der Waals surface area contributed by atoms with Crippen LogP contribution < -0.4 is 15.5 Å². The molecule has 0 heterocycles. The summed E-state index contributed by atoms with van der Waals surface area (Å²) in [5.41, 5.74) is 3.76. The van der Waals surface area contributed by atoms with Crippen molar-refractivity contribution in [3.63, 3.8) is 0 Å². The van der Waals surface area contributed by atoms with Crippen molar-refractivity contribution in [1.82, 2.24) is 5.43 Å². The molecule has 2 N–H and O–H groups in total. The molecule has 2 aromatic rings. The first-order valence-electron chi connectivity index (χ1n) is 6.74. The maximum Gasteiger partial charge on any atom is 0.259 e. The molecule has 2 rings (SSSR count). The number of ether oxygens (including phenoxy) is 1. The van der Waals surface area contributed by atoms with Crippen LogP contribution >= 0.6 is 23.2 Å². The Labute approximate surface area is 144 Å². The van der Waals surface area contributed by atoms with Gasteiger partial charge in [0.1, 0.15) is 5.75 Å². The van der Waals surface area contributed by atoms with E-state index in [0.29, 0.717) is 15.6 Å². The maximum atomic E-state index is 11.7. The summed E-state index contributed by atoms with van der Waals surface area (Å²) < 4.78 is 5.06. The molecule has 120 valence electrons. The van der Waals surface area contributed by atoms with E-state index >= 15 is 0 Å². The second-order valence-corrected chi connectivity index (χ2v) is 5.32. The van der Waals surface area contributed by atoms with Crippen LogP contribution in [-0.2, 0) is 4.79 Å². The normalized spacial score (nSPS) is 10.6. The van der Waals surface area contributed by atoms with E-state index in [1.54, 1.807) is 37.4 Å². The van der Waals surface area contributed by atoms with Gasteiger partial charge in [-0.15, -0.1) is 0 Å². The molecular formula is C16H15Cl2N3O2. The molecule has 0 atom stereocenters. The van der Waals surface area contributed by atoms with Gasteiger partial charge in [-0.05, 0) is 36.4 Å². The third kappa shape index (κ3) is 5.16. The Morgan fingerprint density at radius 2 is 1.83 bits per heavy atom. The van der Waals surface area contributed by atoms with Crippen LogP contribution in [0.3, 0.4) is 0 Å². The summed E-state index contributed by atoms with van der Waals surface area (Å²) in [5.74, 6) is 0.460. The molecule has 1 amide bonds. The highest BCUT2D eigenvalue weighted by atomic mass is 35.5. The second kappa shape index (κ2) is 8.41. The lowest BCUT2D eigenvalue weighted by Crippen LogP contribution is -2.25. The van der Waals surface area contributed by atoms with E-state index in [-0.39, 0.29) is 12.5 Å². The number of methoxy groups -OCH3 is 1. The smallest absolute Gasteiger partial charge is 0.259 e. The van der Waals surface area contributed by atoms with Gasteiger partial charge in [0.05, 0.1) is 29.9 Å². The van der Waals surface area contributed by atoms with Gasteiger partial charge in [0.15, 0.2) is 0 Å². The SMILES string of the molecule is COc1ccc(NCC(=O)NN=Cc2c(Cl)cccc2Cl)cc1. The molecule has 0 bridgehead atoms. The molecule has 7 heteroatoms. The number of hydrogen-bond acceptors (Lipinski definition) is 4. The average molecular weight is 352 g/mol. The van der Waals surface area contributed by atoms with Gasteiger partial charge in [0.25, 0.3) is 5.91 Å². The van der Waals surface area contributed by atoms with Gasteiger partial charge >= 0.3 is 0 Å². The molecule has 2 aromatic carbocycles. The standard InChI is InChI=1S/C16H15Cl2N3O2/c1-23-12-7-5-11(6-8-12)19-10-16(22)21-20-9-13-14(17)3-2-4-15(13)18/h2-9,19H,10H2,1H3,(H,21,22). The predicted octanol–water partition coefficient (Wildman–Crippen LogP) is 3.56. The largest absolute Gasteiger partial charge is 0.497 e. The number of carbonyl (C=O) groups excluding carboxylic acids is 1. The first-order chi connectivity index (χ1) is 11.1. The van der Waals surface area contributed by atoms with Crippen molar-refractivity contribution in [3.8, 4) is 5.75 Å². The summed E-state index contributed by atoms with van der Waals surface area (Å²) in [4.78, 5) is 11.7. The minimum Gasteiger partial charge on any atom is -0.497 e. The van der Waals surface area contributed by atoms with Crippen molar-refractivity contribution in [2.24, 2.45) is 5.10 Å². The van der Waals surface area contributed by atoms with Crippen LogP contribution in [-0.4, -0.2) is 25.8 Å². The Morgan fingerprint density at radius 3 is 2.43 bits per heavy atom. The van der Waals surface area contributed by atoms with Gasteiger partial charge in [-0.2, -0.15) is 5.10 Å². The Kier molecular flexibility index (Phi) is 6.26. The molecule has 0 saturated carbocycles. The number of hydrogen-bond donors (Lipinski definition) is 2. The highest BCUT2D eigenvalue weighted by Gasteiger charge is 2.03. The Bertz CT molecular complexity index is 683. The number of anilines is 1. The van der Waals surface area contributed by atoms with Gasteiger partial charge in [-0.3, -0.25) is 4.79 Å². The van der Waals surface area contributed by atoms with Crippen molar-refractivity contribution in [3.05, 3.63) is 58.1 Å². The summed E-state index contributed by atoms with van der Waals surface area (Å²) in [7, 11) is 1.60. The Balaban J connectivity index is 1.84. The van der Waals surface area contributed by atoms with Gasteiger partial charge in [-0.25, -0.2) is 5.43 Å². The van der Waals surface area contributed by atoms with Crippen molar-refractivity contribution in [1.29, 1.82) is 0 Å². The quantitative estimate of drug-likeness (QED) is 0.617. The highest BCUT2D eigenvalue weighted by Crippen LogP contribution is 2.22. The van der Waals surface area contributed by atoms with Crippen LogP contribution in [0.4, 0.5) is 5.69 Å². The topological polar surface area (TPSA) is 62.7 Å². The van der Waals surface area contributed by atoms with E-state index in [4.69, 9.17) is 27.9 Å². The van der Waals surface area contributed by atoms with E-state index in [1.807, 2.05) is 12.1 Å². The van der Waals surface area contributed by atoms with Crippen LogP contribution in [0.2, 0.25) is 10.0 Å². The van der Waals surface area contributed by atoms with Crippen LogP contribution in [0.1, 0.15) is 5.56 Å². The van der Waals surface area contributed by atoms with E-state index in [0.717, 1.165) is 11.4 Å². The zero-order valence-corrected chi connectivity index (χ0v) is 13.9. The van der Waals surface area contributed by atoms with E-state index < -0.39 is 0 Å². The lowest BCUT2D eigenvalue weighted by Gasteiger charge is -2.06. The van der Waals surface area contributed by atoms with Crippen LogP contribution in [0.25, 0.3) is 0 Å². The van der Waals surface area contributed by atoms with Crippen LogP contribution in [0.5, 0.6) is 5.75 Å². The molecule has 0 aliphatic heterocycles. The van der Waals surface area contributed by atoms with E-state index in [1.165, 1.54) is 6.21 Å². The fourth-order valence-electron chi connectivity index (χ4n) is 1.73. The summed E-state index contributed by atoms with van der Waals surface area (Å²) >= 11 is 12.0. The monoisotopic (exact) mass is 351 g/mol. The van der Waals surface area contributed by atoms with Crippen molar-refractivity contribution in [2.75, 3.05) is 19.0 Å². The fourth-order valence-corrected chi connectivity index (χ4v) is 2.23. The molecule has 0 aromatic heterocycles. The summed E-state index contributed by atoms with van der Waals surface area (Å²) in [6, 6.07) is 12.4. The molecular weight excluding hydrogens is 337 g/mol. The number of nitrogens with one attached hydrogen (secondary N) is 2. The minimum atomic E-state index is -0.291. The number of nitrogens with zero attached hydrogens (tertiary/aromatic N) is 1. The average Bonchev–Trinajstić information content (AvgIpc) is 2.56. The van der Waals surface area contributed by atoms with Gasteiger partial charge in [0, 0.05) is 11.3 Å². The number of halogens is 2. The maximum absolute atomic E-state index is 11.7. The van der Waals surface area contributed by atoms with Crippen LogP contribution in [0, 0.1) is 0 Å². The molecule has 0 saturated heterocycles. The molecule has 0 unspecified atom stereocenters. The lowest BCUT2D eigenvalue weighted by molar-refractivity contribution is -0.119. The molecule has 0 aliphatic carbocycles. The number of rotatable bonds is 6. The molecule has 0 spiro atoms. The first kappa shape index (κ1) is 17.1. The zero-order valence-electron chi connectivity index (χ0n) is 12.3. The summed E-state index contributed by atoms with van der Waals surface area (Å²) in [6.07, 6.45) is 1.41. The van der Waals surface area contributed by atoms with Gasteiger partial charge in [0.2, 0.25) is 0 Å². The van der Waals surface area contributed by atoms with Gasteiger partial charge < -0.3 is 10.1 Å². The summed E-state index contributed by atoms with van der Waals surface area (Å²) in [5, 5.41) is 7.75. The van der Waals surface area contributed by atoms with Crippen molar-refractivity contribution >= 4 is 41.0 Å². The molecule has 5 nitrogen and oxygen atoms in total. The van der Waals surface area contributed by atoms with E-state index in [9.17, 15) is 4.79 Å². The second-order valence-electron chi connectivity index (χ2n) is 4.51. The Hall–Kier alpha value is -2.24. The van der Waals surface area contributed by atoms with Crippen molar-refractivity contribution in [2.45, 2.75) is 0 Å². The highest BCUT2D eigenvalue weighted by molar-refractivity contribution is 6.38. The third-order valence-corrected chi connectivity index (χ3v) is 3.58. The lowest BCUT2D eigenvalue weighted by atomic mass is 10.2. The zero-order chi connectivity index (χ0) is 16.7. The number of carbonyl (C=O) groups is 1.